The fourth-order valence-corrected chi connectivity index (χ4v) is 4.44. The topological polar surface area (TPSA) is 78.5 Å². The molecule has 2 aliphatic rings. The van der Waals surface area contributed by atoms with Crippen LogP contribution in [0.5, 0.6) is 0 Å². The van der Waals surface area contributed by atoms with E-state index < -0.39 is 5.91 Å². The summed E-state index contributed by atoms with van der Waals surface area (Å²) < 4.78 is 0.498. The molecule has 0 atom stereocenters. The zero-order valence-electron chi connectivity index (χ0n) is 17.8. The summed E-state index contributed by atoms with van der Waals surface area (Å²) in [6.07, 6.45) is 1.53. The lowest BCUT2D eigenvalue weighted by Crippen LogP contribution is -2.43. The first-order valence-electron chi connectivity index (χ1n) is 10.4. The molecule has 6 nitrogen and oxygen atoms in total. The van der Waals surface area contributed by atoms with Crippen molar-refractivity contribution in [1.29, 1.82) is 0 Å². The molecular formula is C24H23BrClN3O3. The summed E-state index contributed by atoms with van der Waals surface area (Å²) in [7, 11) is 0. The van der Waals surface area contributed by atoms with Crippen LogP contribution < -0.4 is 15.8 Å². The average Bonchev–Trinajstić information content (AvgIpc) is 3.61. The van der Waals surface area contributed by atoms with Crippen molar-refractivity contribution >= 4 is 55.4 Å². The summed E-state index contributed by atoms with van der Waals surface area (Å²) in [5, 5.41) is 0.492. The fraction of sp³-hybridized carbons (Fsp3) is 0.292. The van der Waals surface area contributed by atoms with Gasteiger partial charge in [-0.25, -0.2) is 0 Å². The Bertz CT molecular complexity index is 1160. The van der Waals surface area contributed by atoms with E-state index in [1.165, 1.54) is 5.56 Å². The number of carbonyl (C=O) groups excluding carboxylic acids is 3. The van der Waals surface area contributed by atoms with Gasteiger partial charge in [0.15, 0.2) is 0 Å². The molecule has 166 valence electrons. The van der Waals surface area contributed by atoms with Crippen LogP contribution in [-0.4, -0.2) is 17.7 Å². The highest BCUT2D eigenvalue weighted by molar-refractivity contribution is 9.15. The lowest BCUT2D eigenvalue weighted by Gasteiger charge is -2.24. The van der Waals surface area contributed by atoms with E-state index in [1.54, 1.807) is 23.1 Å². The van der Waals surface area contributed by atoms with Gasteiger partial charge in [-0.1, -0.05) is 35.9 Å². The summed E-state index contributed by atoms with van der Waals surface area (Å²) in [5.41, 5.74) is 9.75. The minimum atomic E-state index is -0.520. The first kappa shape index (κ1) is 22.6. The van der Waals surface area contributed by atoms with Crippen molar-refractivity contribution < 1.29 is 14.4 Å². The van der Waals surface area contributed by atoms with E-state index in [9.17, 15) is 14.4 Å². The Labute approximate surface area is 200 Å². The fourth-order valence-electron chi connectivity index (χ4n) is 3.61. The molecule has 2 aromatic rings. The van der Waals surface area contributed by atoms with Crippen molar-refractivity contribution in [2.24, 2.45) is 5.92 Å². The third-order valence-electron chi connectivity index (χ3n) is 5.81. The van der Waals surface area contributed by atoms with Crippen LogP contribution in [0.2, 0.25) is 5.02 Å². The van der Waals surface area contributed by atoms with Crippen LogP contribution in [0.4, 0.5) is 5.69 Å². The molecular weight excluding hydrogens is 494 g/mol. The Balaban J connectivity index is 1.66. The van der Waals surface area contributed by atoms with Crippen LogP contribution in [0.25, 0.3) is 4.48 Å². The van der Waals surface area contributed by atoms with E-state index in [0.717, 1.165) is 24.0 Å². The first-order chi connectivity index (χ1) is 15.2. The van der Waals surface area contributed by atoms with Crippen molar-refractivity contribution in [3.05, 3.63) is 69.2 Å². The summed E-state index contributed by atoms with van der Waals surface area (Å²) in [6.45, 7) is 4.42. The van der Waals surface area contributed by atoms with Gasteiger partial charge in [-0.15, -0.1) is 0 Å². The van der Waals surface area contributed by atoms with Crippen molar-refractivity contribution in [2.75, 3.05) is 4.90 Å². The number of hydrazine groups is 1. The van der Waals surface area contributed by atoms with Crippen molar-refractivity contribution in [3.8, 4) is 0 Å². The molecule has 0 aromatic heterocycles. The molecule has 0 spiro atoms. The van der Waals surface area contributed by atoms with Crippen LogP contribution in [0.3, 0.4) is 0 Å². The summed E-state index contributed by atoms with van der Waals surface area (Å²) in [5.74, 6) is -1.01. The summed E-state index contributed by atoms with van der Waals surface area (Å²) >= 11 is 9.79. The maximum atomic E-state index is 13.3. The molecule has 0 radical (unpaired) electrons. The van der Waals surface area contributed by atoms with Gasteiger partial charge >= 0.3 is 0 Å². The monoisotopic (exact) mass is 515 g/mol. The zero-order valence-corrected chi connectivity index (χ0v) is 20.1. The maximum absolute atomic E-state index is 13.3. The number of hydrogen-bond donors (Lipinski definition) is 2. The molecule has 1 heterocycles. The van der Waals surface area contributed by atoms with E-state index in [-0.39, 0.29) is 29.7 Å². The number of nitrogens with zero attached hydrogens (tertiary/aromatic N) is 1. The molecule has 2 aromatic carbocycles. The summed E-state index contributed by atoms with van der Waals surface area (Å²) in [6, 6.07) is 11.3. The molecule has 1 fully saturated rings. The lowest BCUT2D eigenvalue weighted by atomic mass is 10.1. The number of halogens is 2. The van der Waals surface area contributed by atoms with Gasteiger partial charge in [-0.3, -0.25) is 25.2 Å². The number of anilines is 1. The van der Waals surface area contributed by atoms with Crippen LogP contribution in [0.15, 0.2) is 42.0 Å². The van der Waals surface area contributed by atoms with E-state index >= 15 is 0 Å². The molecule has 3 amide bonds. The maximum Gasteiger partial charge on any atom is 0.267 e. The Morgan fingerprint density at radius 3 is 2.53 bits per heavy atom. The highest BCUT2D eigenvalue weighted by atomic mass is 79.9. The third kappa shape index (κ3) is 4.74. The van der Waals surface area contributed by atoms with Crippen LogP contribution in [0, 0.1) is 19.8 Å². The molecule has 0 bridgehead atoms. The number of amides is 3. The second-order valence-corrected chi connectivity index (χ2v) is 9.48. The van der Waals surface area contributed by atoms with Crippen molar-refractivity contribution in [2.45, 2.75) is 39.7 Å². The Kier molecular flexibility index (Phi) is 6.40. The largest absolute Gasteiger partial charge is 0.307 e. The predicted octanol–water partition coefficient (Wildman–Crippen LogP) is 4.56. The van der Waals surface area contributed by atoms with Crippen LogP contribution in [0.1, 0.15) is 41.5 Å². The smallest absolute Gasteiger partial charge is 0.267 e. The molecule has 32 heavy (non-hydrogen) atoms. The number of benzene rings is 2. The Hall–Kier alpha value is -2.64. The van der Waals surface area contributed by atoms with Gasteiger partial charge in [-0.2, -0.15) is 0 Å². The van der Waals surface area contributed by atoms with Crippen LogP contribution in [-0.2, 0) is 20.9 Å². The Morgan fingerprint density at radius 1 is 1.09 bits per heavy atom. The predicted molar refractivity (Wildman–Crippen MR) is 128 cm³/mol. The number of hydrogen-bond acceptors (Lipinski definition) is 3. The molecule has 2 N–H and O–H groups in total. The van der Waals surface area contributed by atoms with Crippen LogP contribution >= 0.6 is 27.5 Å². The standard InChI is InChI=1S/C24H23BrClN3O3/c1-13-3-4-15(9-14(13)2)12-29-20-10-17(26)7-8-18(20)22(25)19(11-21(29)30)24(32)28-27-23(31)16-5-6-16/h3-4,7-10,16H,5-6,11-12H2,1-2H3,(H,27,31)(H,28,32). The summed E-state index contributed by atoms with van der Waals surface area (Å²) in [4.78, 5) is 39.7. The minimum Gasteiger partial charge on any atom is -0.307 e. The normalized spacial score (nSPS) is 15.9. The second-order valence-electron chi connectivity index (χ2n) is 8.25. The molecule has 4 rings (SSSR count). The average molecular weight is 517 g/mol. The van der Waals surface area contributed by atoms with Gasteiger partial charge in [0.1, 0.15) is 0 Å². The highest BCUT2D eigenvalue weighted by Crippen LogP contribution is 2.40. The van der Waals surface area contributed by atoms with Gasteiger partial charge in [-0.05, 0) is 71.4 Å². The Morgan fingerprint density at radius 2 is 1.84 bits per heavy atom. The number of fused-ring (bicyclic) bond motifs is 1. The van der Waals surface area contributed by atoms with E-state index in [4.69, 9.17) is 11.6 Å². The number of rotatable bonds is 4. The lowest BCUT2D eigenvalue weighted by molar-refractivity contribution is -0.128. The quantitative estimate of drug-likeness (QED) is 0.585. The molecule has 1 saturated carbocycles. The molecule has 0 unspecified atom stereocenters. The molecule has 1 aliphatic carbocycles. The molecule has 1 aliphatic heterocycles. The minimum absolute atomic E-state index is 0.0418. The van der Waals surface area contributed by atoms with Gasteiger partial charge in [0.2, 0.25) is 11.8 Å². The number of carbonyl (C=O) groups is 3. The highest BCUT2D eigenvalue weighted by Gasteiger charge is 2.32. The van der Waals surface area contributed by atoms with E-state index in [0.29, 0.717) is 27.3 Å². The van der Waals surface area contributed by atoms with Crippen molar-refractivity contribution in [3.63, 3.8) is 0 Å². The first-order valence-corrected chi connectivity index (χ1v) is 11.6. The van der Waals surface area contributed by atoms with Crippen molar-refractivity contribution in [1.82, 2.24) is 10.9 Å². The van der Waals surface area contributed by atoms with Gasteiger partial charge in [0.25, 0.3) is 5.91 Å². The molecule has 8 heteroatoms. The second kappa shape index (κ2) is 9.08. The van der Waals surface area contributed by atoms with E-state index in [2.05, 4.69) is 32.8 Å². The third-order valence-corrected chi connectivity index (χ3v) is 6.96. The number of aryl methyl sites for hydroxylation is 2. The van der Waals surface area contributed by atoms with Gasteiger partial charge in [0, 0.05) is 26.6 Å². The van der Waals surface area contributed by atoms with Gasteiger partial charge in [0.05, 0.1) is 18.7 Å². The molecule has 0 saturated heterocycles. The van der Waals surface area contributed by atoms with E-state index in [1.807, 2.05) is 26.0 Å². The number of nitrogens with one attached hydrogen (secondary N) is 2. The van der Waals surface area contributed by atoms with Gasteiger partial charge < -0.3 is 4.90 Å². The SMILES string of the molecule is Cc1ccc(CN2C(=O)CC(C(=O)NNC(=O)C3CC3)=C(Br)c3ccc(Cl)cc32)cc1C. The zero-order chi connectivity index (χ0) is 23.0.